The summed E-state index contributed by atoms with van der Waals surface area (Å²) >= 11 is 0. The Labute approximate surface area is 251 Å². The molecule has 2 N–H and O–H groups in total. The van der Waals surface area contributed by atoms with Crippen molar-refractivity contribution in [1.29, 1.82) is 0 Å². The molecule has 3 saturated heterocycles. The number of benzene rings is 1. The van der Waals surface area contributed by atoms with Gasteiger partial charge in [0.15, 0.2) is 0 Å². The molecule has 0 bridgehead atoms. The van der Waals surface area contributed by atoms with Crippen LogP contribution in [0.25, 0.3) is 10.9 Å². The van der Waals surface area contributed by atoms with E-state index in [1.165, 1.54) is 12.8 Å². The topological polar surface area (TPSA) is 125 Å². The van der Waals surface area contributed by atoms with E-state index >= 15 is 0 Å². The zero-order valence-corrected chi connectivity index (χ0v) is 24.5. The lowest BCUT2D eigenvalue weighted by atomic mass is 9.91. The highest BCUT2D eigenvalue weighted by Gasteiger charge is 2.26. The number of rotatable bonds is 8. The third-order valence-corrected chi connectivity index (χ3v) is 8.40. The number of fused-ring (bicyclic) bond motifs is 1. The number of pyridine rings is 1. The Morgan fingerprint density at radius 1 is 0.907 bits per heavy atom. The summed E-state index contributed by atoms with van der Waals surface area (Å²) in [5.41, 5.74) is 2.57. The van der Waals surface area contributed by atoms with Crippen LogP contribution in [0.4, 0.5) is 21.1 Å². The lowest BCUT2D eigenvalue weighted by Crippen LogP contribution is -2.46. The van der Waals surface area contributed by atoms with E-state index < -0.39 is 0 Å². The molecule has 3 aliphatic heterocycles. The predicted molar refractivity (Wildman–Crippen MR) is 164 cm³/mol. The van der Waals surface area contributed by atoms with Crippen molar-refractivity contribution in [3.63, 3.8) is 0 Å². The van der Waals surface area contributed by atoms with E-state index in [-0.39, 0.29) is 18.0 Å². The van der Waals surface area contributed by atoms with Gasteiger partial charge in [-0.15, -0.1) is 0 Å². The maximum Gasteiger partial charge on any atom is 0.321 e. The number of carbonyl (C=O) groups is 2. The van der Waals surface area contributed by atoms with Crippen molar-refractivity contribution in [2.24, 2.45) is 0 Å². The minimum atomic E-state index is -0.0934. The maximum absolute atomic E-state index is 12.9. The van der Waals surface area contributed by atoms with Crippen LogP contribution in [0.5, 0.6) is 5.75 Å². The molecule has 5 heterocycles. The smallest absolute Gasteiger partial charge is 0.321 e. The Morgan fingerprint density at radius 2 is 1.70 bits per heavy atom. The van der Waals surface area contributed by atoms with Crippen LogP contribution in [0, 0.1) is 0 Å². The van der Waals surface area contributed by atoms with Crippen LogP contribution in [-0.2, 0) is 4.74 Å². The van der Waals surface area contributed by atoms with Gasteiger partial charge in [0.25, 0.3) is 0 Å². The van der Waals surface area contributed by atoms with E-state index in [4.69, 9.17) is 9.47 Å². The average molecular weight is 589 g/mol. The van der Waals surface area contributed by atoms with Crippen molar-refractivity contribution in [1.82, 2.24) is 30.1 Å². The average Bonchev–Trinajstić information content (AvgIpc) is 3.60. The number of anilines is 2. The first-order valence-corrected chi connectivity index (χ1v) is 15.4. The molecule has 3 aliphatic rings. The SMILES string of the molecule is O=C(NCCCOc1ccc2c(C3CCN(C(=O)Nc4ccc(N5CCCC5)nc4)CC3)ncnc2c1)N1CCOCC1. The molecule has 0 unspecified atom stereocenters. The molecule has 12 nitrogen and oxygen atoms in total. The molecule has 4 amide bonds. The monoisotopic (exact) mass is 588 g/mol. The molecular weight excluding hydrogens is 548 g/mol. The molecule has 0 aliphatic carbocycles. The first-order chi connectivity index (χ1) is 21.1. The molecule has 0 spiro atoms. The molecule has 0 atom stereocenters. The third-order valence-electron chi connectivity index (χ3n) is 8.40. The van der Waals surface area contributed by atoms with Crippen LogP contribution in [0.15, 0.2) is 42.9 Å². The summed E-state index contributed by atoms with van der Waals surface area (Å²) in [5.74, 6) is 1.96. The van der Waals surface area contributed by atoms with E-state index in [9.17, 15) is 9.59 Å². The lowest BCUT2D eigenvalue weighted by molar-refractivity contribution is 0.0532. The highest BCUT2D eigenvalue weighted by atomic mass is 16.5. The zero-order valence-electron chi connectivity index (χ0n) is 24.5. The second-order valence-electron chi connectivity index (χ2n) is 11.3. The standard InChI is InChI=1S/C31H40N8O4/c40-30(39-15-18-42-19-16-39)32-10-3-17-43-25-5-6-26-27(20-25)34-22-35-29(26)23-8-13-38(14-9-23)31(41)36-24-4-7-28(33-21-24)37-11-1-2-12-37/h4-7,20-23H,1-3,8-19H2,(H,32,40)(H,36,41). The number of likely N-dealkylation sites (tertiary alicyclic amines) is 1. The predicted octanol–water partition coefficient (Wildman–Crippen LogP) is 3.85. The molecular formula is C31H40N8O4. The highest BCUT2D eigenvalue weighted by Crippen LogP contribution is 2.32. The van der Waals surface area contributed by atoms with Gasteiger partial charge < -0.3 is 34.8 Å². The number of piperidine rings is 1. The Balaban J connectivity index is 0.966. The molecule has 3 fully saturated rings. The van der Waals surface area contributed by atoms with Crippen molar-refractivity contribution in [3.8, 4) is 5.75 Å². The first kappa shape index (κ1) is 28.9. The van der Waals surface area contributed by atoms with Crippen molar-refractivity contribution < 1.29 is 19.1 Å². The van der Waals surface area contributed by atoms with Gasteiger partial charge in [-0.05, 0) is 56.4 Å². The second kappa shape index (κ2) is 13.9. The van der Waals surface area contributed by atoms with Crippen LogP contribution in [0.3, 0.4) is 0 Å². The molecule has 6 rings (SSSR count). The molecule has 43 heavy (non-hydrogen) atoms. The number of carbonyl (C=O) groups excluding carboxylic acids is 2. The van der Waals surface area contributed by atoms with Crippen molar-refractivity contribution in [2.45, 2.75) is 38.0 Å². The van der Waals surface area contributed by atoms with Crippen LogP contribution in [-0.4, -0.2) is 102 Å². The van der Waals surface area contributed by atoms with Gasteiger partial charge in [0, 0.05) is 63.2 Å². The minimum absolute atomic E-state index is 0.0513. The quantitative estimate of drug-likeness (QED) is 0.381. The van der Waals surface area contributed by atoms with E-state index in [0.717, 1.165) is 54.1 Å². The number of nitrogens with zero attached hydrogens (tertiary/aromatic N) is 6. The summed E-state index contributed by atoms with van der Waals surface area (Å²) in [7, 11) is 0. The Morgan fingerprint density at radius 3 is 2.47 bits per heavy atom. The van der Waals surface area contributed by atoms with Crippen molar-refractivity contribution in [3.05, 3.63) is 48.5 Å². The number of hydrogen-bond acceptors (Lipinski definition) is 8. The number of nitrogens with one attached hydrogen (secondary N) is 2. The van der Waals surface area contributed by atoms with Crippen molar-refractivity contribution >= 4 is 34.5 Å². The summed E-state index contributed by atoms with van der Waals surface area (Å²) in [6, 6.07) is 9.69. The van der Waals surface area contributed by atoms with Gasteiger partial charge >= 0.3 is 12.1 Å². The summed E-state index contributed by atoms with van der Waals surface area (Å²) in [6.45, 7) is 6.88. The van der Waals surface area contributed by atoms with Crippen LogP contribution in [0.1, 0.15) is 43.7 Å². The van der Waals surface area contributed by atoms with Gasteiger partial charge in [0.05, 0.1) is 42.9 Å². The first-order valence-electron chi connectivity index (χ1n) is 15.4. The van der Waals surface area contributed by atoms with E-state index in [2.05, 4.69) is 30.5 Å². The van der Waals surface area contributed by atoms with Gasteiger partial charge in [0.1, 0.15) is 17.9 Å². The minimum Gasteiger partial charge on any atom is -0.493 e. The molecule has 12 heteroatoms. The fraction of sp³-hybridized carbons (Fsp3) is 0.516. The number of ether oxygens (including phenoxy) is 2. The van der Waals surface area contributed by atoms with Gasteiger partial charge in [0.2, 0.25) is 0 Å². The summed E-state index contributed by atoms with van der Waals surface area (Å²) < 4.78 is 11.2. The molecule has 2 aromatic heterocycles. The summed E-state index contributed by atoms with van der Waals surface area (Å²) in [6.07, 6.45) is 8.14. The van der Waals surface area contributed by atoms with Crippen molar-refractivity contribution in [2.75, 3.05) is 75.9 Å². The fourth-order valence-corrected chi connectivity index (χ4v) is 5.96. The Hall–Kier alpha value is -4.19. The molecule has 1 aromatic carbocycles. The zero-order chi connectivity index (χ0) is 29.4. The van der Waals surface area contributed by atoms with Crippen LogP contribution >= 0.6 is 0 Å². The van der Waals surface area contributed by atoms with Gasteiger partial charge in [-0.2, -0.15) is 0 Å². The maximum atomic E-state index is 12.9. The second-order valence-corrected chi connectivity index (χ2v) is 11.3. The van der Waals surface area contributed by atoms with Gasteiger partial charge in [-0.25, -0.2) is 24.5 Å². The van der Waals surface area contributed by atoms with Gasteiger partial charge in [-0.1, -0.05) is 0 Å². The van der Waals surface area contributed by atoms with E-state index in [0.29, 0.717) is 64.7 Å². The Kier molecular flexibility index (Phi) is 9.31. The number of morpholine rings is 1. The molecule has 0 saturated carbocycles. The molecule has 0 radical (unpaired) electrons. The van der Waals surface area contributed by atoms with Crippen LogP contribution in [0.2, 0.25) is 0 Å². The number of hydrogen-bond donors (Lipinski definition) is 2. The normalized spacial score (nSPS) is 17.7. The third kappa shape index (κ3) is 7.24. The molecule has 228 valence electrons. The lowest BCUT2D eigenvalue weighted by Gasteiger charge is -2.32. The van der Waals surface area contributed by atoms with Crippen LogP contribution < -0.4 is 20.3 Å². The van der Waals surface area contributed by atoms with E-state index in [1.807, 2.05) is 35.2 Å². The number of amides is 4. The molecule has 3 aromatic rings. The van der Waals surface area contributed by atoms with E-state index in [1.54, 1.807) is 17.4 Å². The summed E-state index contributed by atoms with van der Waals surface area (Å²) in [4.78, 5) is 44.7. The highest BCUT2D eigenvalue weighted by molar-refractivity contribution is 5.89. The largest absolute Gasteiger partial charge is 0.493 e. The van der Waals surface area contributed by atoms with Gasteiger partial charge in [-0.3, -0.25) is 0 Å². The number of urea groups is 2. The fourth-order valence-electron chi connectivity index (χ4n) is 5.96. The summed E-state index contributed by atoms with van der Waals surface area (Å²) in [5, 5.41) is 6.96. The number of aromatic nitrogens is 3. The Bertz CT molecular complexity index is 1380.